The highest BCUT2D eigenvalue weighted by atomic mass is 32.1. The molecule has 11 heteroatoms. The van der Waals surface area contributed by atoms with E-state index in [2.05, 4.69) is 26.1 Å². The van der Waals surface area contributed by atoms with E-state index in [1.165, 1.54) is 23.5 Å². The van der Waals surface area contributed by atoms with Crippen molar-refractivity contribution in [3.63, 3.8) is 0 Å². The molecule has 200 valence electrons. The first-order valence-electron chi connectivity index (χ1n) is 12.1. The average molecular weight is 539 g/mol. The standard InChI is InChI=1S/C27H31FN6O3S/c1-30-20(12-14-23(29)31-24(36)16-18-7-3-2-4-8-18)9-5-6-10-26-33-34-27(38-26)32-25(37)17-19-11-13-21(28)22(35)15-19/h2-4,7-8,11-15,30,35H,5-6,9-10,16-17,29H2,1H3,(H,31,36)(H,32,34,37)/b20-12-,23-14+. The van der Waals surface area contributed by atoms with Gasteiger partial charge in [-0.3, -0.25) is 9.59 Å². The molecule has 6 N–H and O–H groups in total. The van der Waals surface area contributed by atoms with Gasteiger partial charge in [0.2, 0.25) is 16.9 Å². The minimum Gasteiger partial charge on any atom is -0.505 e. The lowest BCUT2D eigenvalue weighted by atomic mass is 10.1. The Balaban J connectivity index is 1.38. The van der Waals surface area contributed by atoms with Crippen molar-refractivity contribution in [1.29, 1.82) is 0 Å². The van der Waals surface area contributed by atoms with E-state index in [4.69, 9.17) is 5.73 Å². The fourth-order valence-electron chi connectivity index (χ4n) is 3.52. The van der Waals surface area contributed by atoms with Crippen LogP contribution in [0.25, 0.3) is 0 Å². The van der Waals surface area contributed by atoms with E-state index in [9.17, 15) is 19.1 Å². The number of aromatic hydroxyl groups is 1. The lowest BCUT2D eigenvalue weighted by Gasteiger charge is -2.07. The predicted molar refractivity (Wildman–Crippen MR) is 146 cm³/mol. The zero-order valence-corrected chi connectivity index (χ0v) is 21.9. The van der Waals surface area contributed by atoms with Gasteiger partial charge in [-0.15, -0.1) is 10.2 Å². The number of phenolic OH excluding ortho intramolecular Hbond substituents is 1. The van der Waals surface area contributed by atoms with Gasteiger partial charge < -0.3 is 26.8 Å². The van der Waals surface area contributed by atoms with Crippen molar-refractivity contribution >= 4 is 28.3 Å². The number of carbonyl (C=O) groups is 2. The van der Waals surface area contributed by atoms with Crippen molar-refractivity contribution in [2.75, 3.05) is 12.4 Å². The summed E-state index contributed by atoms with van der Waals surface area (Å²) in [4.78, 5) is 24.3. The quantitative estimate of drug-likeness (QED) is 0.165. The number of phenols is 1. The van der Waals surface area contributed by atoms with Gasteiger partial charge in [0.1, 0.15) is 10.8 Å². The summed E-state index contributed by atoms with van der Waals surface area (Å²) in [6.45, 7) is 0. The van der Waals surface area contributed by atoms with Crippen LogP contribution < -0.4 is 21.7 Å². The second-order valence-electron chi connectivity index (χ2n) is 8.49. The van der Waals surface area contributed by atoms with Gasteiger partial charge in [0, 0.05) is 19.2 Å². The van der Waals surface area contributed by atoms with Crippen LogP contribution in [0.1, 0.15) is 35.4 Å². The molecule has 9 nitrogen and oxygen atoms in total. The number of amides is 2. The van der Waals surface area contributed by atoms with Crippen LogP contribution in [0.15, 0.2) is 72.2 Å². The molecule has 0 atom stereocenters. The molecule has 3 aromatic rings. The summed E-state index contributed by atoms with van der Waals surface area (Å²) in [5, 5.41) is 27.3. The largest absolute Gasteiger partial charge is 0.505 e. The Bertz CT molecular complexity index is 1290. The second-order valence-corrected chi connectivity index (χ2v) is 9.56. The van der Waals surface area contributed by atoms with Gasteiger partial charge in [0.15, 0.2) is 11.6 Å². The first-order valence-corrected chi connectivity index (χ1v) is 12.9. The summed E-state index contributed by atoms with van der Waals surface area (Å²) >= 11 is 1.30. The van der Waals surface area contributed by atoms with Crippen LogP contribution >= 0.6 is 11.3 Å². The number of hydrogen-bond acceptors (Lipinski definition) is 8. The van der Waals surface area contributed by atoms with Crippen molar-refractivity contribution in [2.24, 2.45) is 5.73 Å². The molecule has 1 heterocycles. The molecule has 0 saturated carbocycles. The number of nitrogens with zero attached hydrogens (tertiary/aromatic N) is 2. The van der Waals surface area contributed by atoms with Crippen LogP contribution in [0, 0.1) is 5.82 Å². The topological polar surface area (TPSA) is 142 Å². The molecular formula is C27H31FN6O3S. The Hall–Kier alpha value is -4.25. The van der Waals surface area contributed by atoms with E-state index in [0.29, 0.717) is 17.1 Å². The maximum Gasteiger partial charge on any atom is 0.230 e. The maximum atomic E-state index is 13.2. The molecule has 0 saturated heterocycles. The number of nitrogens with one attached hydrogen (secondary N) is 3. The number of rotatable bonds is 13. The fourth-order valence-corrected chi connectivity index (χ4v) is 4.32. The van der Waals surface area contributed by atoms with Gasteiger partial charge in [0.25, 0.3) is 0 Å². The van der Waals surface area contributed by atoms with Crippen molar-refractivity contribution in [2.45, 2.75) is 38.5 Å². The highest BCUT2D eigenvalue weighted by Crippen LogP contribution is 2.20. The summed E-state index contributed by atoms with van der Waals surface area (Å²) < 4.78 is 13.2. The molecule has 2 aromatic carbocycles. The Morgan fingerprint density at radius 1 is 1.03 bits per heavy atom. The molecular weight excluding hydrogens is 507 g/mol. The average Bonchev–Trinajstić information content (AvgIpc) is 3.33. The monoisotopic (exact) mass is 538 g/mol. The van der Waals surface area contributed by atoms with Gasteiger partial charge in [-0.1, -0.05) is 47.7 Å². The summed E-state index contributed by atoms with van der Waals surface area (Å²) in [6.07, 6.45) is 7.00. The number of anilines is 1. The summed E-state index contributed by atoms with van der Waals surface area (Å²) in [5.41, 5.74) is 8.32. The van der Waals surface area contributed by atoms with Gasteiger partial charge >= 0.3 is 0 Å². The minimum absolute atomic E-state index is 0.0163. The van der Waals surface area contributed by atoms with Crippen LogP contribution in [0.5, 0.6) is 5.75 Å². The van der Waals surface area contributed by atoms with Gasteiger partial charge in [-0.05, 0) is 54.7 Å². The number of allylic oxidation sites excluding steroid dienone is 3. The van der Waals surface area contributed by atoms with Crippen LogP contribution in [0.2, 0.25) is 0 Å². The first kappa shape index (κ1) is 28.3. The van der Waals surface area contributed by atoms with Crippen molar-refractivity contribution < 1.29 is 19.1 Å². The zero-order valence-electron chi connectivity index (χ0n) is 21.0. The van der Waals surface area contributed by atoms with Crippen LogP contribution in [0.3, 0.4) is 0 Å². The van der Waals surface area contributed by atoms with Crippen molar-refractivity contribution in [3.05, 3.63) is 94.2 Å². The molecule has 1 aromatic heterocycles. The molecule has 0 unspecified atom stereocenters. The number of halogens is 1. The number of aryl methyl sites for hydroxylation is 1. The molecule has 0 aliphatic heterocycles. The minimum atomic E-state index is -0.733. The van der Waals surface area contributed by atoms with Gasteiger partial charge in [-0.25, -0.2) is 4.39 Å². The third-order valence-corrected chi connectivity index (χ3v) is 6.35. The Morgan fingerprint density at radius 2 is 1.79 bits per heavy atom. The number of hydrogen-bond donors (Lipinski definition) is 5. The van der Waals surface area contributed by atoms with E-state index < -0.39 is 11.6 Å². The molecule has 0 spiro atoms. The van der Waals surface area contributed by atoms with Crippen LogP contribution in [-0.2, 0) is 28.9 Å². The van der Waals surface area contributed by atoms with E-state index in [1.807, 2.05) is 43.5 Å². The van der Waals surface area contributed by atoms with E-state index in [1.54, 1.807) is 6.08 Å². The summed E-state index contributed by atoms with van der Waals surface area (Å²) in [5.74, 6) is -1.45. The Kier molecular flexibility index (Phi) is 10.8. The third-order valence-electron chi connectivity index (χ3n) is 5.45. The maximum absolute atomic E-state index is 13.2. The SMILES string of the molecule is CN/C(=C\C=C(/N)NC(=O)Cc1ccccc1)CCCCc1nnc(NC(=O)Cc2ccc(F)c(O)c2)s1. The van der Waals surface area contributed by atoms with Gasteiger partial charge in [-0.2, -0.15) is 0 Å². The Labute approximate surface area is 224 Å². The molecule has 3 rings (SSSR count). The molecule has 0 radical (unpaired) electrons. The number of nitrogens with two attached hydrogens (primary N) is 1. The highest BCUT2D eigenvalue weighted by molar-refractivity contribution is 7.15. The van der Waals surface area contributed by atoms with E-state index >= 15 is 0 Å². The third kappa shape index (κ3) is 9.66. The normalized spacial score (nSPS) is 11.7. The van der Waals surface area contributed by atoms with Crippen molar-refractivity contribution in [1.82, 2.24) is 20.8 Å². The predicted octanol–water partition coefficient (Wildman–Crippen LogP) is 3.54. The van der Waals surface area contributed by atoms with Crippen LogP contribution in [0.4, 0.5) is 9.52 Å². The lowest BCUT2D eigenvalue weighted by Crippen LogP contribution is -2.28. The Morgan fingerprint density at radius 3 is 2.53 bits per heavy atom. The summed E-state index contributed by atoms with van der Waals surface area (Å²) in [6, 6.07) is 13.2. The second kappa shape index (κ2) is 14.5. The zero-order chi connectivity index (χ0) is 27.3. The number of benzene rings is 2. The lowest BCUT2D eigenvalue weighted by molar-refractivity contribution is -0.119. The van der Waals surface area contributed by atoms with E-state index in [0.717, 1.165) is 41.6 Å². The molecule has 0 aliphatic carbocycles. The number of aromatic nitrogens is 2. The highest BCUT2D eigenvalue weighted by Gasteiger charge is 2.11. The molecule has 38 heavy (non-hydrogen) atoms. The fraction of sp³-hybridized carbons (Fsp3) is 0.259. The molecule has 0 fully saturated rings. The first-order chi connectivity index (χ1) is 18.3. The van der Waals surface area contributed by atoms with E-state index in [-0.39, 0.29) is 30.5 Å². The molecule has 0 bridgehead atoms. The number of unbranched alkanes of at least 4 members (excludes halogenated alkanes) is 1. The van der Waals surface area contributed by atoms with Gasteiger partial charge in [0.05, 0.1) is 12.8 Å². The smallest absolute Gasteiger partial charge is 0.230 e. The number of carbonyl (C=O) groups excluding carboxylic acids is 2. The molecule has 0 aliphatic rings. The van der Waals surface area contributed by atoms with Crippen LogP contribution in [-0.4, -0.2) is 34.2 Å². The molecule has 2 amide bonds. The summed E-state index contributed by atoms with van der Waals surface area (Å²) in [7, 11) is 1.83. The van der Waals surface area contributed by atoms with Crippen molar-refractivity contribution in [3.8, 4) is 5.75 Å².